The first-order valence-corrected chi connectivity index (χ1v) is 4.30. The van der Waals surface area contributed by atoms with Crippen molar-refractivity contribution in [3.63, 3.8) is 0 Å². The third-order valence-electron chi connectivity index (χ3n) is 1.65. The lowest BCUT2D eigenvalue weighted by Gasteiger charge is -2.19. The lowest BCUT2D eigenvalue weighted by Crippen LogP contribution is -2.34. The molecule has 0 spiro atoms. The van der Waals surface area contributed by atoms with Gasteiger partial charge in [-0.15, -0.1) is 5.10 Å². The zero-order valence-corrected chi connectivity index (χ0v) is 8.08. The fourth-order valence-electron chi connectivity index (χ4n) is 0.986. The molecule has 0 aliphatic carbocycles. The molecule has 0 aliphatic rings. The van der Waals surface area contributed by atoms with Gasteiger partial charge in [0.05, 0.1) is 6.54 Å². The first-order valence-electron chi connectivity index (χ1n) is 4.30. The van der Waals surface area contributed by atoms with Crippen molar-refractivity contribution in [1.82, 2.24) is 10.2 Å². The SMILES string of the molecule is CCN(CC(F)(F)F)c1nnc(CN)o1. The molecule has 0 atom stereocenters. The van der Waals surface area contributed by atoms with E-state index in [0.717, 1.165) is 4.90 Å². The van der Waals surface area contributed by atoms with Crippen molar-refractivity contribution in [2.45, 2.75) is 19.6 Å². The van der Waals surface area contributed by atoms with E-state index < -0.39 is 12.7 Å². The van der Waals surface area contributed by atoms with Gasteiger partial charge in [0.2, 0.25) is 5.89 Å². The van der Waals surface area contributed by atoms with Gasteiger partial charge in [0.25, 0.3) is 0 Å². The van der Waals surface area contributed by atoms with E-state index in [1.807, 2.05) is 0 Å². The van der Waals surface area contributed by atoms with E-state index in [0.29, 0.717) is 0 Å². The summed E-state index contributed by atoms with van der Waals surface area (Å²) in [5, 5.41) is 6.95. The fraction of sp³-hybridized carbons (Fsp3) is 0.714. The second-order valence-electron chi connectivity index (χ2n) is 2.81. The van der Waals surface area contributed by atoms with Crippen LogP contribution in [-0.2, 0) is 6.54 Å². The van der Waals surface area contributed by atoms with Gasteiger partial charge in [-0.2, -0.15) is 13.2 Å². The first kappa shape index (κ1) is 11.8. The quantitative estimate of drug-likeness (QED) is 0.823. The molecule has 0 saturated carbocycles. The molecule has 0 radical (unpaired) electrons. The maximum absolute atomic E-state index is 12.1. The van der Waals surface area contributed by atoms with Crippen LogP contribution in [0.2, 0.25) is 0 Å². The van der Waals surface area contributed by atoms with Gasteiger partial charge in [-0.25, -0.2) is 0 Å². The normalized spacial score (nSPS) is 11.8. The van der Waals surface area contributed by atoms with E-state index in [-0.39, 0.29) is 25.0 Å². The molecule has 2 N–H and O–H groups in total. The fourth-order valence-corrected chi connectivity index (χ4v) is 0.986. The van der Waals surface area contributed by atoms with Gasteiger partial charge < -0.3 is 15.1 Å². The van der Waals surface area contributed by atoms with Crippen LogP contribution in [0.3, 0.4) is 0 Å². The van der Waals surface area contributed by atoms with E-state index in [9.17, 15) is 13.2 Å². The van der Waals surface area contributed by atoms with Crippen molar-refractivity contribution >= 4 is 6.01 Å². The Labute approximate surface area is 84.1 Å². The molecule has 0 fully saturated rings. The number of nitrogens with zero attached hydrogens (tertiary/aromatic N) is 3. The van der Waals surface area contributed by atoms with Crippen molar-refractivity contribution in [2.75, 3.05) is 18.0 Å². The smallest absolute Gasteiger partial charge is 0.406 e. The Hall–Kier alpha value is -1.31. The number of hydrogen-bond donors (Lipinski definition) is 1. The Bertz CT molecular complexity index is 311. The topological polar surface area (TPSA) is 68.2 Å². The molecule has 1 aromatic heterocycles. The van der Waals surface area contributed by atoms with Crippen LogP contribution in [-0.4, -0.2) is 29.5 Å². The van der Waals surface area contributed by atoms with E-state index in [1.54, 1.807) is 6.92 Å². The number of nitrogens with two attached hydrogens (primary N) is 1. The molecule has 1 heterocycles. The summed E-state index contributed by atoms with van der Waals surface area (Å²) in [5.41, 5.74) is 5.20. The highest BCUT2D eigenvalue weighted by atomic mass is 19.4. The van der Waals surface area contributed by atoms with Crippen molar-refractivity contribution in [3.05, 3.63) is 5.89 Å². The molecule has 86 valence electrons. The molecule has 0 amide bonds. The molecule has 1 rings (SSSR count). The Balaban J connectivity index is 2.74. The number of rotatable bonds is 4. The average molecular weight is 224 g/mol. The van der Waals surface area contributed by atoms with Crippen LogP contribution in [0.1, 0.15) is 12.8 Å². The molecule has 0 unspecified atom stereocenters. The summed E-state index contributed by atoms with van der Waals surface area (Å²) in [5.74, 6) is 0.116. The maximum Gasteiger partial charge on any atom is 0.406 e. The number of aromatic nitrogens is 2. The summed E-state index contributed by atoms with van der Waals surface area (Å²) in [6.45, 7) is 0.593. The summed E-state index contributed by atoms with van der Waals surface area (Å²) in [7, 11) is 0. The van der Waals surface area contributed by atoms with Gasteiger partial charge in [-0.3, -0.25) is 0 Å². The van der Waals surface area contributed by atoms with E-state index in [2.05, 4.69) is 10.2 Å². The maximum atomic E-state index is 12.1. The van der Waals surface area contributed by atoms with Crippen LogP contribution in [0.4, 0.5) is 19.2 Å². The van der Waals surface area contributed by atoms with E-state index in [1.165, 1.54) is 0 Å². The number of anilines is 1. The molecular formula is C7H11F3N4O. The van der Waals surface area contributed by atoms with Crippen LogP contribution >= 0.6 is 0 Å². The van der Waals surface area contributed by atoms with Crippen molar-refractivity contribution in [1.29, 1.82) is 0 Å². The summed E-state index contributed by atoms with van der Waals surface area (Å²) < 4.78 is 41.2. The minimum Gasteiger partial charge on any atom is -0.407 e. The van der Waals surface area contributed by atoms with Crippen molar-refractivity contribution in [2.24, 2.45) is 5.73 Å². The van der Waals surface area contributed by atoms with Crippen LogP contribution in [0.25, 0.3) is 0 Å². The Morgan fingerprint density at radius 1 is 1.40 bits per heavy atom. The van der Waals surface area contributed by atoms with Crippen LogP contribution < -0.4 is 10.6 Å². The van der Waals surface area contributed by atoms with Crippen LogP contribution in [0.5, 0.6) is 0 Å². The lowest BCUT2D eigenvalue weighted by atomic mass is 10.5. The van der Waals surface area contributed by atoms with Gasteiger partial charge in [-0.1, -0.05) is 5.10 Å². The summed E-state index contributed by atoms with van der Waals surface area (Å²) in [6.07, 6.45) is -4.30. The van der Waals surface area contributed by atoms with Gasteiger partial charge >= 0.3 is 12.2 Å². The monoisotopic (exact) mass is 224 g/mol. The van der Waals surface area contributed by atoms with Gasteiger partial charge in [-0.05, 0) is 6.92 Å². The van der Waals surface area contributed by atoms with Gasteiger partial charge in [0.15, 0.2) is 0 Å². The number of hydrogen-bond acceptors (Lipinski definition) is 5. The summed E-state index contributed by atoms with van der Waals surface area (Å²) in [6, 6.07) is -0.157. The molecule has 0 saturated heterocycles. The third-order valence-corrected chi connectivity index (χ3v) is 1.65. The molecule has 0 bridgehead atoms. The second-order valence-corrected chi connectivity index (χ2v) is 2.81. The summed E-state index contributed by atoms with van der Waals surface area (Å²) in [4.78, 5) is 0.937. The Morgan fingerprint density at radius 3 is 2.47 bits per heavy atom. The highest BCUT2D eigenvalue weighted by molar-refractivity contribution is 5.23. The van der Waals surface area contributed by atoms with Gasteiger partial charge in [0, 0.05) is 6.54 Å². The van der Waals surface area contributed by atoms with Crippen LogP contribution in [0, 0.1) is 0 Å². The summed E-state index contributed by atoms with van der Waals surface area (Å²) >= 11 is 0. The molecular weight excluding hydrogens is 213 g/mol. The molecule has 8 heteroatoms. The largest absolute Gasteiger partial charge is 0.407 e. The zero-order valence-electron chi connectivity index (χ0n) is 8.08. The van der Waals surface area contributed by atoms with Crippen molar-refractivity contribution in [3.8, 4) is 0 Å². The molecule has 15 heavy (non-hydrogen) atoms. The molecule has 0 aromatic carbocycles. The lowest BCUT2D eigenvalue weighted by molar-refractivity contribution is -0.120. The van der Waals surface area contributed by atoms with Crippen molar-refractivity contribution < 1.29 is 17.6 Å². The minimum absolute atomic E-state index is 0.0105. The molecule has 0 aliphatic heterocycles. The molecule has 1 aromatic rings. The predicted octanol–water partition coefficient (Wildman–Crippen LogP) is 0.917. The van der Waals surface area contributed by atoms with E-state index in [4.69, 9.17) is 10.2 Å². The number of halogens is 3. The standard InChI is InChI=1S/C7H11F3N4O/c1-2-14(4-7(8,9)10)6-13-12-5(3-11)15-6/h2-4,11H2,1H3. The van der Waals surface area contributed by atoms with Gasteiger partial charge in [0.1, 0.15) is 6.54 Å². The second kappa shape index (κ2) is 4.47. The highest BCUT2D eigenvalue weighted by Gasteiger charge is 2.32. The minimum atomic E-state index is -4.30. The average Bonchev–Trinajstić information content (AvgIpc) is 2.60. The first-order chi connectivity index (χ1) is 6.96. The Kier molecular flexibility index (Phi) is 3.51. The van der Waals surface area contributed by atoms with E-state index >= 15 is 0 Å². The molecule has 5 nitrogen and oxygen atoms in total. The highest BCUT2D eigenvalue weighted by Crippen LogP contribution is 2.20. The third kappa shape index (κ3) is 3.39. The zero-order chi connectivity index (χ0) is 11.5. The van der Waals surface area contributed by atoms with Crippen LogP contribution in [0.15, 0.2) is 4.42 Å². The Morgan fingerprint density at radius 2 is 2.07 bits per heavy atom. The predicted molar refractivity (Wildman–Crippen MR) is 46.1 cm³/mol. The number of alkyl halides is 3.